The fourth-order valence-corrected chi connectivity index (χ4v) is 2.47. The Kier molecular flexibility index (Phi) is 5.82. The largest absolute Gasteiger partial charge is 0.484 e. The van der Waals surface area contributed by atoms with E-state index in [0.29, 0.717) is 5.75 Å². The van der Waals surface area contributed by atoms with Crippen LogP contribution in [0.4, 0.5) is 0 Å². The van der Waals surface area contributed by atoms with Crippen LogP contribution < -0.4 is 10.1 Å². The van der Waals surface area contributed by atoms with Crippen molar-refractivity contribution in [3.8, 4) is 5.75 Å². The van der Waals surface area contributed by atoms with Crippen molar-refractivity contribution < 1.29 is 9.53 Å². The third-order valence-electron chi connectivity index (χ3n) is 2.91. The first-order valence-electron chi connectivity index (χ1n) is 6.48. The zero-order valence-corrected chi connectivity index (χ0v) is 14.6. The van der Waals surface area contributed by atoms with Crippen molar-refractivity contribution in [3.63, 3.8) is 0 Å². The molecule has 0 aliphatic carbocycles. The predicted molar refractivity (Wildman–Crippen MR) is 90.3 cm³/mol. The lowest BCUT2D eigenvalue weighted by atomic mass is 10.1. The van der Waals surface area contributed by atoms with Gasteiger partial charge in [-0.2, -0.15) is 0 Å². The molecular weight excluding hydrogens is 398 g/mol. The number of carbonyl (C=O) groups is 1. The highest BCUT2D eigenvalue weighted by Crippen LogP contribution is 2.18. The molecule has 21 heavy (non-hydrogen) atoms. The highest BCUT2D eigenvalue weighted by molar-refractivity contribution is 9.10. The summed E-state index contributed by atoms with van der Waals surface area (Å²) in [7, 11) is 0. The van der Waals surface area contributed by atoms with Crippen LogP contribution in [0.15, 0.2) is 57.5 Å². The molecule has 0 aliphatic heterocycles. The lowest BCUT2D eigenvalue weighted by molar-refractivity contribution is -0.123. The van der Waals surface area contributed by atoms with Gasteiger partial charge in [0.1, 0.15) is 5.75 Å². The Bertz CT molecular complexity index is 614. The van der Waals surface area contributed by atoms with E-state index in [4.69, 9.17) is 4.74 Å². The first kappa shape index (κ1) is 16.0. The molecule has 0 saturated heterocycles. The third-order valence-corrected chi connectivity index (χ3v) is 3.94. The molecule has 2 aromatic rings. The molecule has 0 aromatic heterocycles. The molecule has 0 saturated carbocycles. The molecule has 0 bridgehead atoms. The van der Waals surface area contributed by atoms with Gasteiger partial charge in [-0.3, -0.25) is 4.79 Å². The second kappa shape index (κ2) is 7.61. The molecule has 1 atom stereocenters. The third kappa shape index (κ3) is 5.17. The van der Waals surface area contributed by atoms with Gasteiger partial charge in [-0.25, -0.2) is 0 Å². The molecule has 110 valence electrons. The van der Waals surface area contributed by atoms with Gasteiger partial charge < -0.3 is 10.1 Å². The van der Waals surface area contributed by atoms with Crippen molar-refractivity contribution in [2.45, 2.75) is 13.0 Å². The van der Waals surface area contributed by atoms with Gasteiger partial charge in [0.25, 0.3) is 5.91 Å². The summed E-state index contributed by atoms with van der Waals surface area (Å²) in [6.07, 6.45) is 0. The van der Waals surface area contributed by atoms with Crippen LogP contribution in [0.5, 0.6) is 5.75 Å². The number of rotatable bonds is 5. The van der Waals surface area contributed by atoms with E-state index in [2.05, 4.69) is 37.2 Å². The number of nitrogens with one attached hydrogen (secondary N) is 1. The minimum absolute atomic E-state index is 0.00266. The summed E-state index contributed by atoms with van der Waals surface area (Å²) in [5.74, 6) is 0.515. The maximum Gasteiger partial charge on any atom is 0.258 e. The van der Waals surface area contributed by atoms with Crippen LogP contribution >= 0.6 is 31.9 Å². The minimum atomic E-state index is -0.148. The number of carbonyl (C=O) groups excluding carboxylic acids is 1. The lowest BCUT2D eigenvalue weighted by Crippen LogP contribution is -2.31. The average Bonchev–Trinajstić information content (AvgIpc) is 2.46. The van der Waals surface area contributed by atoms with E-state index in [1.54, 1.807) is 0 Å². The Morgan fingerprint density at radius 2 is 1.86 bits per heavy atom. The van der Waals surface area contributed by atoms with Gasteiger partial charge in [-0.15, -0.1) is 0 Å². The second-order valence-corrected chi connectivity index (χ2v) is 6.42. The maximum atomic E-state index is 11.9. The Morgan fingerprint density at radius 3 is 2.52 bits per heavy atom. The molecule has 1 amide bonds. The van der Waals surface area contributed by atoms with E-state index in [9.17, 15) is 4.79 Å². The van der Waals surface area contributed by atoms with E-state index in [-0.39, 0.29) is 18.6 Å². The molecule has 1 unspecified atom stereocenters. The van der Waals surface area contributed by atoms with Gasteiger partial charge in [0, 0.05) is 8.95 Å². The van der Waals surface area contributed by atoms with E-state index >= 15 is 0 Å². The van der Waals surface area contributed by atoms with Crippen molar-refractivity contribution in [2.75, 3.05) is 6.61 Å². The Hall–Kier alpha value is -1.33. The van der Waals surface area contributed by atoms with Crippen LogP contribution in [0, 0.1) is 0 Å². The Morgan fingerprint density at radius 1 is 1.14 bits per heavy atom. The molecule has 0 aliphatic rings. The molecule has 0 fully saturated rings. The predicted octanol–water partition coefficient (Wildman–Crippen LogP) is 4.47. The van der Waals surface area contributed by atoms with Crippen LogP contribution in [-0.2, 0) is 4.79 Å². The number of benzene rings is 2. The highest BCUT2D eigenvalue weighted by atomic mass is 79.9. The first-order chi connectivity index (χ1) is 10.0. The summed E-state index contributed by atoms with van der Waals surface area (Å²) < 4.78 is 7.39. The Labute approximate surface area is 141 Å². The number of hydrogen-bond acceptors (Lipinski definition) is 2. The Balaban J connectivity index is 1.85. The highest BCUT2D eigenvalue weighted by Gasteiger charge is 2.10. The smallest absolute Gasteiger partial charge is 0.258 e. The van der Waals surface area contributed by atoms with Crippen LogP contribution in [-0.4, -0.2) is 12.5 Å². The number of halogens is 2. The lowest BCUT2D eigenvalue weighted by Gasteiger charge is -2.15. The number of hydrogen-bond donors (Lipinski definition) is 1. The normalized spacial score (nSPS) is 11.8. The number of amides is 1. The SMILES string of the molecule is CC(NC(=O)COc1cccc(Br)c1)c1ccc(Br)cc1. The van der Waals surface area contributed by atoms with E-state index in [1.165, 1.54) is 0 Å². The molecule has 5 heteroatoms. The van der Waals surface area contributed by atoms with Gasteiger partial charge in [0.2, 0.25) is 0 Å². The molecule has 0 spiro atoms. The van der Waals surface area contributed by atoms with Gasteiger partial charge in [0.05, 0.1) is 6.04 Å². The van der Waals surface area contributed by atoms with Crippen molar-refractivity contribution >= 4 is 37.8 Å². The van der Waals surface area contributed by atoms with Crippen LogP contribution in [0.25, 0.3) is 0 Å². The topological polar surface area (TPSA) is 38.3 Å². The van der Waals surface area contributed by atoms with Crippen molar-refractivity contribution in [1.29, 1.82) is 0 Å². The van der Waals surface area contributed by atoms with Crippen LogP contribution in [0.1, 0.15) is 18.5 Å². The van der Waals surface area contributed by atoms with Crippen LogP contribution in [0.2, 0.25) is 0 Å². The summed E-state index contributed by atoms with van der Waals surface area (Å²) in [6.45, 7) is 1.94. The van der Waals surface area contributed by atoms with Gasteiger partial charge in [-0.1, -0.05) is 50.1 Å². The molecular formula is C16H15Br2NO2. The average molecular weight is 413 g/mol. The van der Waals surface area contributed by atoms with E-state index in [1.807, 2.05) is 55.5 Å². The summed E-state index contributed by atoms with van der Waals surface area (Å²) >= 11 is 6.75. The zero-order chi connectivity index (χ0) is 15.2. The van der Waals surface area contributed by atoms with Gasteiger partial charge >= 0.3 is 0 Å². The fourth-order valence-electron chi connectivity index (χ4n) is 1.82. The van der Waals surface area contributed by atoms with Crippen molar-refractivity contribution in [3.05, 3.63) is 63.0 Å². The molecule has 1 N–H and O–H groups in total. The monoisotopic (exact) mass is 411 g/mol. The van der Waals surface area contributed by atoms with Crippen molar-refractivity contribution in [2.24, 2.45) is 0 Å². The maximum absolute atomic E-state index is 11.9. The fraction of sp³-hybridized carbons (Fsp3) is 0.188. The van der Waals surface area contributed by atoms with Gasteiger partial charge in [-0.05, 0) is 42.8 Å². The molecule has 2 aromatic carbocycles. The molecule has 3 nitrogen and oxygen atoms in total. The quantitative estimate of drug-likeness (QED) is 0.786. The van der Waals surface area contributed by atoms with Gasteiger partial charge in [0.15, 0.2) is 6.61 Å². The standard InChI is InChI=1S/C16H15Br2NO2/c1-11(12-5-7-13(17)8-6-12)19-16(20)10-21-15-4-2-3-14(18)9-15/h2-9,11H,10H2,1H3,(H,19,20). The summed E-state index contributed by atoms with van der Waals surface area (Å²) in [5.41, 5.74) is 1.05. The molecule has 0 radical (unpaired) electrons. The summed E-state index contributed by atoms with van der Waals surface area (Å²) in [4.78, 5) is 11.9. The first-order valence-corrected chi connectivity index (χ1v) is 8.06. The minimum Gasteiger partial charge on any atom is -0.484 e. The zero-order valence-electron chi connectivity index (χ0n) is 11.5. The summed E-state index contributed by atoms with van der Waals surface area (Å²) in [5, 5.41) is 2.91. The van der Waals surface area contributed by atoms with Crippen LogP contribution in [0.3, 0.4) is 0 Å². The van der Waals surface area contributed by atoms with E-state index in [0.717, 1.165) is 14.5 Å². The van der Waals surface area contributed by atoms with Crippen molar-refractivity contribution in [1.82, 2.24) is 5.32 Å². The second-order valence-electron chi connectivity index (χ2n) is 4.59. The number of ether oxygens (including phenoxy) is 1. The molecule has 2 rings (SSSR count). The molecule has 0 heterocycles. The van der Waals surface area contributed by atoms with E-state index < -0.39 is 0 Å². The summed E-state index contributed by atoms with van der Waals surface area (Å²) in [6, 6.07) is 15.2.